The van der Waals surface area contributed by atoms with Crippen LogP contribution in [-0.2, 0) is 10.0 Å². The summed E-state index contributed by atoms with van der Waals surface area (Å²) in [5.74, 6) is 0.265. The molecule has 6 nitrogen and oxygen atoms in total. The van der Waals surface area contributed by atoms with E-state index in [4.69, 9.17) is 5.26 Å². The molecule has 1 fully saturated rings. The molecule has 0 amide bonds. The normalized spacial score (nSPS) is 20.1. The van der Waals surface area contributed by atoms with E-state index in [2.05, 4.69) is 15.0 Å². The van der Waals surface area contributed by atoms with Crippen molar-refractivity contribution >= 4 is 22.4 Å². The van der Waals surface area contributed by atoms with E-state index in [-0.39, 0.29) is 35.0 Å². The molecular formula is C13H19ClN4O2S. The molecule has 21 heavy (non-hydrogen) atoms. The Morgan fingerprint density at radius 3 is 2.95 bits per heavy atom. The van der Waals surface area contributed by atoms with Crippen molar-refractivity contribution < 1.29 is 8.42 Å². The predicted molar refractivity (Wildman–Crippen MR) is 81.6 cm³/mol. The molecular weight excluding hydrogens is 312 g/mol. The Hall–Kier alpha value is -1.20. The lowest BCUT2D eigenvalue weighted by Crippen LogP contribution is -2.44. The van der Waals surface area contributed by atoms with Crippen LogP contribution < -0.4 is 10.0 Å². The molecule has 1 saturated heterocycles. The second kappa shape index (κ2) is 7.71. The van der Waals surface area contributed by atoms with Gasteiger partial charge in [-0.15, -0.1) is 12.4 Å². The highest BCUT2D eigenvalue weighted by Crippen LogP contribution is 2.18. The number of pyridine rings is 1. The summed E-state index contributed by atoms with van der Waals surface area (Å²) in [5, 5.41) is 12.2. The lowest BCUT2D eigenvalue weighted by Gasteiger charge is -2.28. The van der Waals surface area contributed by atoms with Gasteiger partial charge in [-0.05, 0) is 50.9 Å². The van der Waals surface area contributed by atoms with Crippen LogP contribution in [0.4, 0.5) is 0 Å². The first-order valence-corrected chi connectivity index (χ1v) is 8.11. The third-order valence-corrected chi connectivity index (χ3v) is 5.14. The maximum atomic E-state index is 12.3. The predicted octanol–water partition coefficient (Wildman–Crippen LogP) is 1.04. The minimum Gasteiger partial charge on any atom is -0.316 e. The van der Waals surface area contributed by atoms with E-state index in [1.54, 1.807) is 0 Å². The van der Waals surface area contributed by atoms with Gasteiger partial charge in [0.1, 0.15) is 11.0 Å². The van der Waals surface area contributed by atoms with Gasteiger partial charge in [0.25, 0.3) is 0 Å². The highest BCUT2D eigenvalue weighted by atomic mass is 35.5. The summed E-state index contributed by atoms with van der Waals surface area (Å²) < 4.78 is 27.3. The van der Waals surface area contributed by atoms with E-state index >= 15 is 0 Å². The maximum Gasteiger partial charge on any atom is 0.243 e. The van der Waals surface area contributed by atoms with Gasteiger partial charge in [0.2, 0.25) is 10.0 Å². The average Bonchev–Trinajstić information content (AvgIpc) is 2.47. The third kappa shape index (κ3) is 4.38. The number of nitrogens with one attached hydrogen (secondary N) is 2. The van der Waals surface area contributed by atoms with Crippen molar-refractivity contribution in [2.24, 2.45) is 5.92 Å². The molecule has 0 saturated carbocycles. The Bertz CT molecular complexity index is 609. The van der Waals surface area contributed by atoms with Gasteiger partial charge >= 0.3 is 0 Å². The molecule has 1 aliphatic heterocycles. The monoisotopic (exact) mass is 330 g/mol. The van der Waals surface area contributed by atoms with Gasteiger partial charge in [0, 0.05) is 12.2 Å². The number of nitriles is 1. The van der Waals surface area contributed by atoms with E-state index in [9.17, 15) is 8.42 Å². The SMILES string of the molecule is CC(NS(=O)(=O)c1cccnc1C#N)C1CCCNC1.Cl. The molecule has 2 heterocycles. The summed E-state index contributed by atoms with van der Waals surface area (Å²) >= 11 is 0. The second-order valence-electron chi connectivity index (χ2n) is 4.98. The van der Waals surface area contributed by atoms with Crippen LogP contribution in [0.15, 0.2) is 23.2 Å². The van der Waals surface area contributed by atoms with E-state index in [1.165, 1.54) is 18.3 Å². The van der Waals surface area contributed by atoms with Crippen LogP contribution in [0.25, 0.3) is 0 Å². The molecule has 0 spiro atoms. The van der Waals surface area contributed by atoms with Crippen molar-refractivity contribution in [2.45, 2.75) is 30.7 Å². The van der Waals surface area contributed by atoms with Gasteiger partial charge < -0.3 is 5.32 Å². The van der Waals surface area contributed by atoms with Gasteiger partial charge in [0.05, 0.1) is 0 Å². The maximum absolute atomic E-state index is 12.3. The van der Waals surface area contributed by atoms with Crippen molar-refractivity contribution in [2.75, 3.05) is 13.1 Å². The van der Waals surface area contributed by atoms with Crippen molar-refractivity contribution in [3.63, 3.8) is 0 Å². The molecule has 2 atom stereocenters. The highest BCUT2D eigenvalue weighted by molar-refractivity contribution is 7.89. The quantitative estimate of drug-likeness (QED) is 0.860. The Labute approximate surface area is 131 Å². The number of piperidine rings is 1. The number of rotatable bonds is 4. The fraction of sp³-hybridized carbons (Fsp3) is 0.538. The molecule has 1 aromatic rings. The molecule has 2 unspecified atom stereocenters. The fourth-order valence-electron chi connectivity index (χ4n) is 2.40. The van der Waals surface area contributed by atoms with Crippen LogP contribution in [0.3, 0.4) is 0 Å². The van der Waals surface area contributed by atoms with Gasteiger partial charge in [-0.3, -0.25) is 0 Å². The summed E-state index contributed by atoms with van der Waals surface area (Å²) in [5.41, 5.74) is -0.0750. The van der Waals surface area contributed by atoms with Gasteiger partial charge in [0.15, 0.2) is 5.69 Å². The van der Waals surface area contributed by atoms with Crippen LogP contribution in [0.2, 0.25) is 0 Å². The molecule has 8 heteroatoms. The van der Waals surface area contributed by atoms with E-state index in [0.717, 1.165) is 25.9 Å². The topological polar surface area (TPSA) is 94.9 Å². The smallest absolute Gasteiger partial charge is 0.243 e. The number of hydrogen-bond donors (Lipinski definition) is 2. The lowest BCUT2D eigenvalue weighted by atomic mass is 9.94. The molecule has 1 aliphatic rings. The summed E-state index contributed by atoms with van der Waals surface area (Å²) in [6, 6.07) is 4.55. The zero-order chi connectivity index (χ0) is 14.6. The number of aromatic nitrogens is 1. The standard InChI is InChI=1S/C13H18N4O2S.ClH/c1-10(11-4-2-6-15-9-11)17-20(18,19)13-5-3-7-16-12(13)8-14;/h3,5,7,10-11,15,17H,2,4,6,9H2,1H3;1H. The number of nitrogens with zero attached hydrogens (tertiary/aromatic N) is 2. The summed E-state index contributed by atoms with van der Waals surface area (Å²) in [4.78, 5) is 3.73. The Morgan fingerprint density at radius 2 is 2.33 bits per heavy atom. The second-order valence-corrected chi connectivity index (χ2v) is 6.66. The van der Waals surface area contributed by atoms with Crippen LogP contribution in [0.1, 0.15) is 25.5 Å². The van der Waals surface area contributed by atoms with Crippen LogP contribution >= 0.6 is 12.4 Å². The largest absolute Gasteiger partial charge is 0.316 e. The van der Waals surface area contributed by atoms with E-state index < -0.39 is 10.0 Å². The Morgan fingerprint density at radius 1 is 1.57 bits per heavy atom. The van der Waals surface area contributed by atoms with Crippen molar-refractivity contribution in [1.82, 2.24) is 15.0 Å². The fourth-order valence-corrected chi connectivity index (χ4v) is 3.82. The van der Waals surface area contributed by atoms with E-state index in [0.29, 0.717) is 0 Å². The van der Waals surface area contributed by atoms with Crippen molar-refractivity contribution in [1.29, 1.82) is 5.26 Å². The average molecular weight is 331 g/mol. The van der Waals surface area contributed by atoms with Crippen LogP contribution in [0.5, 0.6) is 0 Å². The van der Waals surface area contributed by atoms with Crippen LogP contribution in [-0.4, -0.2) is 32.5 Å². The Kier molecular flexibility index (Phi) is 6.55. The van der Waals surface area contributed by atoms with Gasteiger partial charge in [-0.1, -0.05) is 0 Å². The zero-order valence-electron chi connectivity index (χ0n) is 11.7. The summed E-state index contributed by atoms with van der Waals surface area (Å²) in [6.45, 7) is 3.65. The third-order valence-electron chi connectivity index (χ3n) is 3.55. The van der Waals surface area contributed by atoms with E-state index in [1.807, 2.05) is 13.0 Å². The molecule has 2 N–H and O–H groups in total. The molecule has 116 valence electrons. The molecule has 0 bridgehead atoms. The van der Waals surface area contributed by atoms with Crippen LogP contribution in [0, 0.1) is 17.2 Å². The minimum atomic E-state index is -3.71. The first-order chi connectivity index (χ1) is 9.54. The minimum absolute atomic E-state index is 0. The summed E-state index contributed by atoms with van der Waals surface area (Å²) in [7, 11) is -3.71. The number of hydrogen-bond acceptors (Lipinski definition) is 5. The van der Waals surface area contributed by atoms with Gasteiger partial charge in [-0.2, -0.15) is 5.26 Å². The summed E-state index contributed by atoms with van der Waals surface area (Å²) in [6.07, 6.45) is 3.45. The zero-order valence-corrected chi connectivity index (χ0v) is 13.4. The molecule has 0 radical (unpaired) electrons. The first kappa shape index (κ1) is 17.9. The van der Waals surface area contributed by atoms with Crippen molar-refractivity contribution in [3.8, 4) is 6.07 Å². The molecule has 2 rings (SSSR count). The number of halogens is 1. The highest BCUT2D eigenvalue weighted by Gasteiger charge is 2.26. The van der Waals surface area contributed by atoms with Gasteiger partial charge in [-0.25, -0.2) is 18.1 Å². The molecule has 0 aromatic carbocycles. The molecule has 0 aliphatic carbocycles. The first-order valence-electron chi connectivity index (χ1n) is 6.63. The van der Waals surface area contributed by atoms with Crippen molar-refractivity contribution in [3.05, 3.63) is 24.0 Å². The Balaban J connectivity index is 0.00000220. The molecule has 1 aromatic heterocycles. The number of sulfonamides is 1. The lowest BCUT2D eigenvalue weighted by molar-refractivity contribution is 0.320.